The predicted octanol–water partition coefficient (Wildman–Crippen LogP) is 3.65. The van der Waals surface area contributed by atoms with E-state index >= 15 is 0 Å². The van der Waals surface area contributed by atoms with Crippen LogP contribution in [-0.4, -0.2) is 23.4 Å². The number of hydrogen-bond donors (Lipinski definition) is 1. The zero-order valence-electron chi connectivity index (χ0n) is 16.1. The van der Waals surface area contributed by atoms with Gasteiger partial charge >= 0.3 is 5.97 Å². The summed E-state index contributed by atoms with van der Waals surface area (Å²) in [6.07, 6.45) is 1.50. The van der Waals surface area contributed by atoms with Gasteiger partial charge in [-0.1, -0.05) is 42.5 Å². The molecule has 2 aromatic rings. The number of allylic oxidation sites excluding steroid dienone is 1. The predicted molar refractivity (Wildman–Crippen MR) is 107 cm³/mol. The molecule has 0 aromatic heterocycles. The Labute approximate surface area is 168 Å². The number of nitrogens with zero attached hydrogens (tertiary/aromatic N) is 1. The third kappa shape index (κ3) is 5.07. The van der Waals surface area contributed by atoms with Gasteiger partial charge in [-0.3, -0.25) is 14.9 Å². The summed E-state index contributed by atoms with van der Waals surface area (Å²) < 4.78 is 5.46. The highest BCUT2D eigenvalue weighted by molar-refractivity contribution is 5.95. The van der Waals surface area contributed by atoms with Crippen molar-refractivity contribution in [2.75, 3.05) is 6.61 Å². The number of carbonyl (C=O) groups is 2. The number of hydrogen-bond acceptors (Lipinski definition) is 5. The molecule has 1 aliphatic heterocycles. The lowest BCUT2D eigenvalue weighted by Gasteiger charge is -2.26. The Hall–Kier alpha value is -3.48. The fourth-order valence-electron chi connectivity index (χ4n) is 3.47. The van der Waals surface area contributed by atoms with Crippen LogP contribution < -0.4 is 5.32 Å². The van der Waals surface area contributed by atoms with E-state index < -0.39 is 16.8 Å². The van der Waals surface area contributed by atoms with E-state index in [2.05, 4.69) is 5.32 Å². The van der Waals surface area contributed by atoms with E-state index in [4.69, 9.17) is 4.74 Å². The number of aryl methyl sites for hydroxylation is 1. The van der Waals surface area contributed by atoms with Crippen molar-refractivity contribution in [2.24, 2.45) is 0 Å². The Kier molecular flexibility index (Phi) is 6.39. The molecule has 29 heavy (non-hydrogen) atoms. The molecule has 7 heteroatoms. The number of non-ortho nitro benzene ring substituents is 1. The average Bonchev–Trinajstić information content (AvgIpc) is 2.71. The molecule has 0 bridgehead atoms. The Morgan fingerprint density at radius 2 is 1.97 bits per heavy atom. The fourth-order valence-corrected chi connectivity index (χ4v) is 3.47. The number of amides is 1. The molecule has 1 aliphatic rings. The minimum Gasteiger partial charge on any atom is -0.462 e. The third-order valence-electron chi connectivity index (χ3n) is 4.86. The van der Waals surface area contributed by atoms with Crippen molar-refractivity contribution in [1.82, 2.24) is 5.32 Å². The average molecular weight is 394 g/mol. The summed E-state index contributed by atoms with van der Waals surface area (Å²) in [5.74, 6) is -1.32. The Bertz CT molecular complexity index is 953. The Morgan fingerprint density at radius 1 is 1.21 bits per heavy atom. The first-order valence-corrected chi connectivity index (χ1v) is 9.41. The van der Waals surface area contributed by atoms with E-state index in [1.165, 1.54) is 17.7 Å². The molecule has 1 amide bonds. The highest BCUT2D eigenvalue weighted by Gasteiger charge is 2.33. The van der Waals surface area contributed by atoms with Crippen molar-refractivity contribution in [3.8, 4) is 0 Å². The number of esters is 1. The SMILES string of the molecule is CC1=C(C(=O)OCCCc2ccccc2)[C@@H](c2cccc([N+](=O)[O-])c2)CC(=O)N1. The van der Waals surface area contributed by atoms with Gasteiger partial charge in [0, 0.05) is 30.2 Å². The molecule has 0 spiro atoms. The molecule has 1 atom stereocenters. The van der Waals surface area contributed by atoms with Crippen molar-refractivity contribution in [2.45, 2.75) is 32.1 Å². The molecular formula is C22H22N2O5. The van der Waals surface area contributed by atoms with Crippen LogP contribution in [0.2, 0.25) is 0 Å². The Balaban J connectivity index is 1.72. The topological polar surface area (TPSA) is 98.5 Å². The van der Waals surface area contributed by atoms with Gasteiger partial charge in [0.05, 0.1) is 17.1 Å². The number of rotatable bonds is 7. The minimum atomic E-state index is -0.578. The largest absolute Gasteiger partial charge is 0.462 e. The molecule has 0 unspecified atom stereocenters. The monoisotopic (exact) mass is 394 g/mol. The summed E-state index contributed by atoms with van der Waals surface area (Å²) in [6, 6.07) is 15.9. The number of nitrogens with one attached hydrogen (secondary N) is 1. The van der Waals surface area contributed by atoms with E-state index in [1.54, 1.807) is 19.1 Å². The first-order valence-electron chi connectivity index (χ1n) is 9.41. The van der Waals surface area contributed by atoms with Gasteiger partial charge in [0.1, 0.15) is 0 Å². The standard InChI is InChI=1S/C22H22N2O5/c1-15-21(22(26)29-12-6-9-16-7-3-2-4-8-16)19(14-20(25)23-15)17-10-5-11-18(13-17)24(27)28/h2-5,7-8,10-11,13,19H,6,9,12,14H2,1H3,(H,23,25)/t19-/m1/s1. The lowest BCUT2D eigenvalue weighted by atomic mass is 9.84. The first kappa shape index (κ1) is 20.3. The molecular weight excluding hydrogens is 372 g/mol. The molecule has 150 valence electrons. The van der Waals surface area contributed by atoms with Crippen molar-refractivity contribution in [3.05, 3.63) is 87.1 Å². The summed E-state index contributed by atoms with van der Waals surface area (Å²) in [7, 11) is 0. The van der Waals surface area contributed by atoms with E-state index in [1.807, 2.05) is 30.3 Å². The molecule has 1 heterocycles. The second kappa shape index (κ2) is 9.14. The summed E-state index contributed by atoms with van der Waals surface area (Å²) in [4.78, 5) is 35.4. The highest BCUT2D eigenvalue weighted by Crippen LogP contribution is 2.34. The second-order valence-electron chi connectivity index (χ2n) is 6.92. The number of carbonyl (C=O) groups excluding carboxylic acids is 2. The summed E-state index contributed by atoms with van der Waals surface area (Å²) in [5.41, 5.74) is 2.39. The van der Waals surface area contributed by atoms with Gasteiger partial charge in [-0.05, 0) is 30.9 Å². The lowest BCUT2D eigenvalue weighted by Crippen LogP contribution is -2.34. The van der Waals surface area contributed by atoms with Gasteiger partial charge in [0.15, 0.2) is 0 Å². The molecule has 0 radical (unpaired) electrons. The minimum absolute atomic E-state index is 0.0347. The van der Waals surface area contributed by atoms with Crippen LogP contribution in [-0.2, 0) is 20.7 Å². The van der Waals surface area contributed by atoms with E-state index in [0.717, 1.165) is 6.42 Å². The maximum Gasteiger partial charge on any atom is 0.336 e. The molecule has 7 nitrogen and oxygen atoms in total. The van der Waals surface area contributed by atoms with Gasteiger partial charge < -0.3 is 10.1 Å². The van der Waals surface area contributed by atoms with Crippen LogP contribution in [0.1, 0.15) is 36.8 Å². The summed E-state index contributed by atoms with van der Waals surface area (Å²) in [5, 5.41) is 13.8. The van der Waals surface area contributed by atoms with E-state index in [9.17, 15) is 19.7 Å². The molecule has 0 saturated carbocycles. The number of benzene rings is 2. The van der Waals surface area contributed by atoms with Crippen LogP contribution in [0.4, 0.5) is 5.69 Å². The van der Waals surface area contributed by atoms with Gasteiger partial charge in [-0.25, -0.2) is 4.79 Å². The first-order chi connectivity index (χ1) is 14.0. The van der Waals surface area contributed by atoms with Crippen LogP contribution in [0, 0.1) is 10.1 Å². The van der Waals surface area contributed by atoms with Crippen LogP contribution >= 0.6 is 0 Å². The van der Waals surface area contributed by atoms with Crippen molar-refractivity contribution in [3.63, 3.8) is 0 Å². The maximum atomic E-state index is 12.8. The third-order valence-corrected chi connectivity index (χ3v) is 4.86. The molecule has 1 N–H and O–H groups in total. The van der Waals surface area contributed by atoms with Crippen molar-refractivity contribution >= 4 is 17.6 Å². The number of nitro benzene ring substituents is 1. The van der Waals surface area contributed by atoms with Gasteiger partial charge in [-0.15, -0.1) is 0 Å². The summed E-state index contributed by atoms with van der Waals surface area (Å²) >= 11 is 0. The van der Waals surface area contributed by atoms with Crippen LogP contribution in [0.5, 0.6) is 0 Å². The van der Waals surface area contributed by atoms with Crippen molar-refractivity contribution < 1.29 is 19.2 Å². The molecule has 0 fully saturated rings. The van der Waals surface area contributed by atoms with Gasteiger partial charge in [-0.2, -0.15) is 0 Å². The quantitative estimate of drug-likeness (QED) is 0.334. The van der Waals surface area contributed by atoms with E-state index in [-0.39, 0.29) is 24.6 Å². The lowest BCUT2D eigenvalue weighted by molar-refractivity contribution is -0.384. The number of ether oxygens (including phenoxy) is 1. The smallest absolute Gasteiger partial charge is 0.336 e. The molecule has 0 aliphatic carbocycles. The van der Waals surface area contributed by atoms with E-state index in [0.29, 0.717) is 23.3 Å². The zero-order chi connectivity index (χ0) is 20.8. The normalized spacial score (nSPS) is 16.3. The van der Waals surface area contributed by atoms with Crippen LogP contribution in [0.3, 0.4) is 0 Å². The zero-order valence-corrected chi connectivity index (χ0v) is 16.1. The molecule has 3 rings (SSSR count). The maximum absolute atomic E-state index is 12.8. The van der Waals surface area contributed by atoms with Crippen LogP contribution in [0.25, 0.3) is 0 Å². The van der Waals surface area contributed by atoms with Gasteiger partial charge in [0.2, 0.25) is 5.91 Å². The van der Waals surface area contributed by atoms with Crippen molar-refractivity contribution in [1.29, 1.82) is 0 Å². The fraction of sp³-hybridized carbons (Fsp3) is 0.273. The second-order valence-corrected chi connectivity index (χ2v) is 6.92. The Morgan fingerprint density at radius 3 is 2.69 bits per heavy atom. The molecule has 2 aromatic carbocycles. The summed E-state index contributed by atoms with van der Waals surface area (Å²) in [6.45, 7) is 1.89. The molecule has 0 saturated heterocycles. The highest BCUT2D eigenvalue weighted by atomic mass is 16.6. The number of nitro groups is 1. The van der Waals surface area contributed by atoms with Gasteiger partial charge in [0.25, 0.3) is 5.69 Å². The van der Waals surface area contributed by atoms with Crippen LogP contribution in [0.15, 0.2) is 65.9 Å².